The first-order chi connectivity index (χ1) is 14.2. The predicted octanol–water partition coefficient (Wildman–Crippen LogP) is 2.71. The number of carbonyl (C=O) groups excluding carboxylic acids is 1. The Labute approximate surface area is 182 Å². The Bertz CT molecular complexity index is 920. The molecule has 7 nitrogen and oxygen atoms in total. The summed E-state index contributed by atoms with van der Waals surface area (Å²) >= 11 is 1.16. The maximum absolute atomic E-state index is 12.3. The molecule has 0 bridgehead atoms. The number of sulfonamides is 1. The van der Waals surface area contributed by atoms with Gasteiger partial charge in [-0.05, 0) is 49.9 Å². The monoisotopic (exact) mass is 451 g/mol. The summed E-state index contributed by atoms with van der Waals surface area (Å²) in [6.45, 7) is 8.56. The van der Waals surface area contributed by atoms with Crippen LogP contribution in [0, 0.1) is 0 Å². The van der Waals surface area contributed by atoms with Crippen LogP contribution in [0.4, 0.5) is 5.69 Å². The van der Waals surface area contributed by atoms with Crippen LogP contribution in [0.2, 0.25) is 0 Å². The van der Waals surface area contributed by atoms with Crippen molar-refractivity contribution in [2.24, 2.45) is 0 Å². The smallest absolute Gasteiger partial charge is 0.271 e. The number of carbonyl (C=O) groups is 1. The molecule has 1 amide bonds. The van der Waals surface area contributed by atoms with Crippen molar-refractivity contribution in [2.45, 2.75) is 49.7 Å². The SMILES string of the molecule is C[C@@H]1CN([C@@H](C)CNC(=O)Cc2ccc(NS(=O)(=O)c3cccs3)cc2)C[C@H](C)O1. The third-order valence-electron chi connectivity index (χ3n) is 5.00. The first-order valence-electron chi connectivity index (χ1n) is 10.0. The van der Waals surface area contributed by atoms with Crippen LogP contribution in [-0.4, -0.2) is 57.1 Å². The van der Waals surface area contributed by atoms with Gasteiger partial charge in [0.15, 0.2) is 0 Å². The summed E-state index contributed by atoms with van der Waals surface area (Å²) in [5.41, 5.74) is 1.30. The second kappa shape index (κ2) is 9.91. The summed E-state index contributed by atoms with van der Waals surface area (Å²) in [5, 5.41) is 4.72. The van der Waals surface area contributed by atoms with Gasteiger partial charge in [-0.25, -0.2) is 8.42 Å². The Hall–Kier alpha value is -1.94. The van der Waals surface area contributed by atoms with Gasteiger partial charge in [0.2, 0.25) is 5.91 Å². The zero-order valence-electron chi connectivity index (χ0n) is 17.5. The second-order valence-corrected chi connectivity index (χ2v) is 10.6. The average molecular weight is 452 g/mol. The molecule has 1 aromatic carbocycles. The molecule has 9 heteroatoms. The minimum atomic E-state index is -3.57. The Balaban J connectivity index is 1.47. The number of nitrogens with zero attached hydrogens (tertiary/aromatic N) is 1. The van der Waals surface area contributed by atoms with Crippen LogP contribution >= 0.6 is 11.3 Å². The maximum atomic E-state index is 12.3. The molecule has 1 aliphatic rings. The van der Waals surface area contributed by atoms with E-state index in [0.29, 0.717) is 12.2 Å². The second-order valence-electron chi connectivity index (χ2n) is 7.78. The number of thiophene rings is 1. The van der Waals surface area contributed by atoms with Gasteiger partial charge in [-0.1, -0.05) is 18.2 Å². The average Bonchev–Trinajstić information content (AvgIpc) is 3.22. The predicted molar refractivity (Wildman–Crippen MR) is 119 cm³/mol. The summed E-state index contributed by atoms with van der Waals surface area (Å²) in [5.74, 6) is -0.0527. The molecule has 0 radical (unpaired) electrons. The number of nitrogens with one attached hydrogen (secondary N) is 2. The molecule has 1 aliphatic heterocycles. The molecule has 30 heavy (non-hydrogen) atoms. The van der Waals surface area contributed by atoms with Crippen molar-refractivity contribution in [1.29, 1.82) is 0 Å². The van der Waals surface area contributed by atoms with Crippen molar-refractivity contribution in [1.82, 2.24) is 10.2 Å². The third-order valence-corrected chi connectivity index (χ3v) is 7.78. The molecular formula is C21H29N3O4S2. The molecule has 164 valence electrons. The standard InChI is InChI=1S/C21H29N3O4S2/c1-15(24-13-16(2)28-17(3)14-24)12-22-20(25)11-18-6-8-19(9-7-18)23-30(26,27)21-5-4-10-29-21/h4-10,15-17,23H,11-14H2,1-3H3,(H,22,25)/t15-,16-,17+/m0/s1. The molecule has 2 N–H and O–H groups in total. The largest absolute Gasteiger partial charge is 0.373 e. The number of hydrogen-bond donors (Lipinski definition) is 2. The van der Waals surface area contributed by atoms with Crippen LogP contribution in [0.15, 0.2) is 46.0 Å². The van der Waals surface area contributed by atoms with E-state index in [1.54, 1.807) is 41.8 Å². The first kappa shape index (κ1) is 22.7. The Morgan fingerprint density at radius 2 is 1.87 bits per heavy atom. The van der Waals surface area contributed by atoms with Gasteiger partial charge in [0.25, 0.3) is 10.0 Å². The molecule has 3 rings (SSSR count). The lowest BCUT2D eigenvalue weighted by Crippen LogP contribution is -2.52. The van der Waals surface area contributed by atoms with Crippen LogP contribution in [0.1, 0.15) is 26.3 Å². The number of amides is 1. The van der Waals surface area contributed by atoms with E-state index in [9.17, 15) is 13.2 Å². The lowest BCUT2D eigenvalue weighted by Gasteiger charge is -2.39. The topological polar surface area (TPSA) is 87.7 Å². The highest BCUT2D eigenvalue weighted by atomic mass is 32.2. The summed E-state index contributed by atoms with van der Waals surface area (Å²) in [4.78, 5) is 14.7. The van der Waals surface area contributed by atoms with Crippen LogP contribution in [0.25, 0.3) is 0 Å². The fraction of sp³-hybridized carbons (Fsp3) is 0.476. The number of ether oxygens (including phenoxy) is 1. The molecule has 0 aliphatic carbocycles. The van der Waals surface area contributed by atoms with Gasteiger partial charge in [-0.3, -0.25) is 14.4 Å². The van der Waals surface area contributed by atoms with Crippen LogP contribution in [-0.2, 0) is 26.0 Å². The molecule has 2 aromatic rings. The minimum absolute atomic E-state index is 0.0527. The first-order valence-corrected chi connectivity index (χ1v) is 12.4. The van der Waals surface area contributed by atoms with E-state index in [0.717, 1.165) is 30.0 Å². The number of morpholine rings is 1. The third kappa shape index (κ3) is 6.28. The van der Waals surface area contributed by atoms with E-state index < -0.39 is 10.0 Å². The minimum Gasteiger partial charge on any atom is -0.373 e. The lowest BCUT2D eigenvalue weighted by atomic mass is 10.1. The van der Waals surface area contributed by atoms with E-state index >= 15 is 0 Å². The van der Waals surface area contributed by atoms with Crippen LogP contribution in [0.5, 0.6) is 0 Å². The van der Waals surface area contributed by atoms with E-state index in [4.69, 9.17) is 4.74 Å². The highest BCUT2D eigenvalue weighted by molar-refractivity contribution is 7.94. The van der Waals surface area contributed by atoms with Gasteiger partial charge in [-0.2, -0.15) is 0 Å². The summed E-state index contributed by atoms with van der Waals surface area (Å²) in [6, 6.07) is 10.4. The summed E-state index contributed by atoms with van der Waals surface area (Å²) in [7, 11) is -3.57. The molecule has 1 aromatic heterocycles. The maximum Gasteiger partial charge on any atom is 0.271 e. The Kier molecular flexibility index (Phi) is 7.51. The van der Waals surface area contributed by atoms with Gasteiger partial charge in [0, 0.05) is 31.4 Å². The van der Waals surface area contributed by atoms with Gasteiger partial charge in [0.05, 0.1) is 18.6 Å². The van der Waals surface area contributed by atoms with E-state index in [1.165, 1.54) is 0 Å². The van der Waals surface area contributed by atoms with E-state index in [-0.39, 0.29) is 34.8 Å². The number of hydrogen-bond acceptors (Lipinski definition) is 6. The van der Waals surface area contributed by atoms with Gasteiger partial charge in [0.1, 0.15) is 4.21 Å². The zero-order chi connectivity index (χ0) is 21.7. The molecule has 0 spiro atoms. The highest BCUT2D eigenvalue weighted by Crippen LogP contribution is 2.20. The van der Waals surface area contributed by atoms with Crippen molar-refractivity contribution in [2.75, 3.05) is 24.4 Å². The molecular weight excluding hydrogens is 422 g/mol. The zero-order valence-corrected chi connectivity index (χ0v) is 19.1. The molecule has 2 heterocycles. The van der Waals surface area contributed by atoms with E-state index in [2.05, 4.69) is 35.7 Å². The summed E-state index contributed by atoms with van der Waals surface area (Å²) < 4.78 is 33.1. The lowest BCUT2D eigenvalue weighted by molar-refractivity contribution is -0.121. The van der Waals surface area contributed by atoms with Crippen molar-refractivity contribution in [3.8, 4) is 0 Å². The van der Waals surface area contributed by atoms with Crippen molar-refractivity contribution in [3.63, 3.8) is 0 Å². The van der Waals surface area contributed by atoms with Gasteiger partial charge < -0.3 is 10.1 Å². The van der Waals surface area contributed by atoms with Crippen LogP contribution < -0.4 is 10.0 Å². The normalized spacial score (nSPS) is 21.2. The Morgan fingerprint density at radius 1 is 1.20 bits per heavy atom. The molecule has 0 unspecified atom stereocenters. The summed E-state index contributed by atoms with van der Waals surface area (Å²) in [6.07, 6.45) is 0.644. The van der Waals surface area contributed by atoms with Gasteiger partial charge >= 0.3 is 0 Å². The van der Waals surface area contributed by atoms with Crippen molar-refractivity contribution in [3.05, 3.63) is 47.3 Å². The quantitative estimate of drug-likeness (QED) is 0.644. The van der Waals surface area contributed by atoms with Crippen LogP contribution in [0.3, 0.4) is 0 Å². The fourth-order valence-corrected chi connectivity index (χ4v) is 5.58. The highest BCUT2D eigenvalue weighted by Gasteiger charge is 2.25. The van der Waals surface area contributed by atoms with E-state index in [1.807, 2.05) is 0 Å². The number of benzene rings is 1. The molecule has 0 saturated carbocycles. The van der Waals surface area contributed by atoms with Gasteiger partial charge in [-0.15, -0.1) is 11.3 Å². The fourth-order valence-electron chi connectivity index (χ4n) is 3.53. The molecule has 1 fully saturated rings. The molecule has 1 saturated heterocycles. The Morgan fingerprint density at radius 3 is 2.47 bits per heavy atom. The van der Waals surface area contributed by atoms with Crippen molar-refractivity contribution < 1.29 is 17.9 Å². The number of rotatable bonds is 8. The number of anilines is 1. The molecule has 3 atom stereocenters. The van der Waals surface area contributed by atoms with Crippen molar-refractivity contribution >= 4 is 33.0 Å².